The lowest BCUT2D eigenvalue weighted by atomic mass is 10.2. The predicted octanol–water partition coefficient (Wildman–Crippen LogP) is 3.64. The zero-order valence-electron chi connectivity index (χ0n) is 19.0. The molecule has 2 aromatic heterocycles. The van der Waals surface area contributed by atoms with Crippen LogP contribution < -0.4 is 26.2 Å². The average Bonchev–Trinajstić information content (AvgIpc) is 3.52. The summed E-state index contributed by atoms with van der Waals surface area (Å²) in [6.07, 6.45) is 2.14. The smallest absolute Gasteiger partial charge is 0.333 e. The lowest BCUT2D eigenvalue weighted by Crippen LogP contribution is -2.35. The third-order valence-electron chi connectivity index (χ3n) is 5.84. The van der Waals surface area contributed by atoms with Crippen molar-refractivity contribution in [2.24, 2.45) is 0 Å². The maximum Gasteiger partial charge on any atom is 0.333 e. The van der Waals surface area contributed by atoms with Crippen molar-refractivity contribution in [3.05, 3.63) is 79.5 Å². The molecule has 2 aromatic carbocycles. The van der Waals surface area contributed by atoms with Gasteiger partial charge in [0.2, 0.25) is 0 Å². The molecular weight excluding hydrogens is 545 g/mol. The normalized spacial score (nSPS) is 13.7. The van der Waals surface area contributed by atoms with Crippen molar-refractivity contribution in [1.82, 2.24) is 14.3 Å². The predicted molar refractivity (Wildman–Crippen MR) is 140 cm³/mol. The fourth-order valence-electron chi connectivity index (χ4n) is 4.13. The van der Waals surface area contributed by atoms with Crippen LogP contribution in [0.1, 0.15) is 12.8 Å². The van der Waals surface area contributed by atoms with Gasteiger partial charge in [-0.15, -0.1) is 11.3 Å². The summed E-state index contributed by atoms with van der Waals surface area (Å²) < 4.78 is 42.0. The number of halogens is 2. The maximum atomic E-state index is 15.0. The van der Waals surface area contributed by atoms with Gasteiger partial charge in [0.15, 0.2) is 0 Å². The SMILES string of the molecule is O=C(Nc1ccc(-n2c(=O)[nH]c3cc(N4CCCC4)ccc3c2=O)c(F)c1)NS(=O)(=O)c1ccc(Cl)s1. The standard InChI is InChI=1S/C23H19ClFN5O5S2/c24-19-7-8-20(36-19)37(34,35)28-22(32)26-13-3-6-18(16(25)11-13)30-21(31)15-5-4-14(29-9-1-2-10-29)12-17(15)27-23(30)33/h3-8,11-12H,1-2,9-10H2,(H,27,33)(H2,26,28,32). The molecule has 37 heavy (non-hydrogen) atoms. The number of H-pyrrole nitrogens is 1. The number of anilines is 2. The number of aromatic amines is 1. The van der Waals surface area contributed by atoms with Crippen LogP contribution >= 0.6 is 22.9 Å². The van der Waals surface area contributed by atoms with Crippen molar-refractivity contribution in [1.29, 1.82) is 0 Å². The second kappa shape index (κ2) is 9.65. The maximum absolute atomic E-state index is 15.0. The number of carbonyl (C=O) groups is 1. The van der Waals surface area contributed by atoms with Crippen LogP contribution in [0.4, 0.5) is 20.6 Å². The van der Waals surface area contributed by atoms with Crippen LogP contribution in [-0.4, -0.2) is 37.1 Å². The second-order valence-corrected chi connectivity index (χ2v) is 11.9. The summed E-state index contributed by atoms with van der Waals surface area (Å²) in [5.41, 5.74) is -0.720. The number of aromatic nitrogens is 2. The van der Waals surface area contributed by atoms with E-state index in [0.717, 1.165) is 55.1 Å². The van der Waals surface area contributed by atoms with Crippen molar-refractivity contribution in [2.45, 2.75) is 17.1 Å². The van der Waals surface area contributed by atoms with Gasteiger partial charge in [-0.05, 0) is 61.4 Å². The number of rotatable bonds is 5. The fourth-order valence-corrected chi connectivity index (χ4v) is 6.52. The minimum absolute atomic E-state index is 0.0984. The van der Waals surface area contributed by atoms with Gasteiger partial charge in [-0.1, -0.05) is 11.6 Å². The van der Waals surface area contributed by atoms with E-state index in [1.165, 1.54) is 18.2 Å². The molecule has 14 heteroatoms. The Labute approximate surface area is 218 Å². The molecule has 0 aliphatic carbocycles. The van der Waals surface area contributed by atoms with E-state index in [0.29, 0.717) is 10.1 Å². The van der Waals surface area contributed by atoms with Crippen LogP contribution in [0.3, 0.4) is 0 Å². The molecular formula is C23H19ClFN5O5S2. The number of thiophene rings is 1. The molecule has 0 spiro atoms. The summed E-state index contributed by atoms with van der Waals surface area (Å²) in [6.45, 7) is 1.79. The van der Waals surface area contributed by atoms with Gasteiger partial charge >= 0.3 is 11.7 Å². The van der Waals surface area contributed by atoms with Crippen LogP contribution in [-0.2, 0) is 10.0 Å². The molecule has 4 aromatic rings. The van der Waals surface area contributed by atoms with E-state index < -0.39 is 33.1 Å². The van der Waals surface area contributed by atoms with E-state index >= 15 is 0 Å². The first-order valence-electron chi connectivity index (χ1n) is 11.1. The Kier molecular flexibility index (Phi) is 6.52. The summed E-state index contributed by atoms with van der Waals surface area (Å²) in [7, 11) is -4.18. The summed E-state index contributed by atoms with van der Waals surface area (Å²) in [4.78, 5) is 42.8. The molecule has 0 unspecified atom stereocenters. The molecule has 0 saturated carbocycles. The number of hydrogen-bond donors (Lipinski definition) is 3. The Balaban J connectivity index is 1.40. The highest BCUT2D eigenvalue weighted by Gasteiger charge is 2.21. The van der Waals surface area contributed by atoms with Gasteiger partial charge in [0, 0.05) is 24.5 Å². The van der Waals surface area contributed by atoms with Gasteiger partial charge in [-0.2, -0.15) is 0 Å². The lowest BCUT2D eigenvalue weighted by Gasteiger charge is -2.18. The Bertz CT molecular complexity index is 1760. The minimum atomic E-state index is -4.18. The number of benzene rings is 2. The van der Waals surface area contributed by atoms with Crippen molar-refractivity contribution >= 4 is 61.3 Å². The molecule has 10 nitrogen and oxygen atoms in total. The summed E-state index contributed by atoms with van der Waals surface area (Å²) in [6, 6.07) is 9.84. The van der Waals surface area contributed by atoms with E-state index in [9.17, 15) is 27.2 Å². The molecule has 3 heterocycles. The molecule has 3 N–H and O–H groups in total. The number of nitrogens with one attached hydrogen (secondary N) is 3. The number of nitrogens with zero attached hydrogens (tertiary/aromatic N) is 2. The van der Waals surface area contributed by atoms with Crippen molar-refractivity contribution < 1.29 is 17.6 Å². The van der Waals surface area contributed by atoms with Gasteiger partial charge in [-0.3, -0.25) is 4.79 Å². The second-order valence-electron chi connectivity index (χ2n) is 8.28. The number of urea groups is 1. The summed E-state index contributed by atoms with van der Waals surface area (Å²) >= 11 is 6.50. The summed E-state index contributed by atoms with van der Waals surface area (Å²) in [5.74, 6) is -0.980. The molecule has 0 radical (unpaired) electrons. The van der Waals surface area contributed by atoms with E-state index in [2.05, 4.69) is 15.2 Å². The molecule has 1 fully saturated rings. The third-order valence-corrected chi connectivity index (χ3v) is 8.89. The highest BCUT2D eigenvalue weighted by Crippen LogP contribution is 2.26. The van der Waals surface area contributed by atoms with Crippen LogP contribution in [0.25, 0.3) is 16.6 Å². The molecule has 192 valence electrons. The highest BCUT2D eigenvalue weighted by atomic mass is 35.5. The summed E-state index contributed by atoms with van der Waals surface area (Å²) in [5, 5.41) is 2.42. The molecule has 5 rings (SSSR count). The van der Waals surface area contributed by atoms with Crippen LogP contribution in [0.5, 0.6) is 0 Å². The van der Waals surface area contributed by atoms with Gasteiger partial charge in [0.25, 0.3) is 15.6 Å². The minimum Gasteiger partial charge on any atom is -0.371 e. The fraction of sp³-hybridized carbons (Fsp3) is 0.174. The van der Waals surface area contributed by atoms with Crippen molar-refractivity contribution in [3.63, 3.8) is 0 Å². The number of fused-ring (bicyclic) bond motifs is 1. The van der Waals surface area contributed by atoms with Crippen LogP contribution in [0.15, 0.2) is 62.3 Å². The topological polar surface area (TPSA) is 133 Å². The molecule has 0 bridgehead atoms. The number of carbonyl (C=O) groups excluding carboxylic acids is 1. The van der Waals surface area contributed by atoms with Gasteiger partial charge in [0.05, 0.1) is 20.9 Å². The first-order chi connectivity index (χ1) is 17.6. The Hall–Kier alpha value is -3.68. The molecule has 0 atom stereocenters. The molecule has 2 amide bonds. The van der Waals surface area contributed by atoms with Gasteiger partial charge < -0.3 is 15.2 Å². The number of amides is 2. The van der Waals surface area contributed by atoms with E-state index in [1.54, 1.807) is 22.9 Å². The largest absolute Gasteiger partial charge is 0.371 e. The average molecular weight is 564 g/mol. The van der Waals surface area contributed by atoms with E-state index in [1.807, 2.05) is 0 Å². The molecule has 1 saturated heterocycles. The Morgan fingerprint density at radius 1 is 1.05 bits per heavy atom. The van der Waals surface area contributed by atoms with Crippen LogP contribution in [0, 0.1) is 5.82 Å². The number of sulfonamides is 1. The van der Waals surface area contributed by atoms with E-state index in [4.69, 9.17) is 11.6 Å². The van der Waals surface area contributed by atoms with Crippen LogP contribution in [0.2, 0.25) is 4.34 Å². The van der Waals surface area contributed by atoms with E-state index in [-0.39, 0.29) is 25.3 Å². The Morgan fingerprint density at radius 3 is 2.49 bits per heavy atom. The first-order valence-corrected chi connectivity index (χ1v) is 13.7. The monoisotopic (exact) mass is 563 g/mol. The number of hydrogen-bond acceptors (Lipinski definition) is 7. The molecule has 1 aliphatic heterocycles. The highest BCUT2D eigenvalue weighted by molar-refractivity contribution is 7.92. The van der Waals surface area contributed by atoms with Crippen molar-refractivity contribution in [2.75, 3.05) is 23.3 Å². The zero-order valence-corrected chi connectivity index (χ0v) is 21.3. The quantitative estimate of drug-likeness (QED) is 0.339. The molecule has 1 aliphatic rings. The van der Waals surface area contributed by atoms with Gasteiger partial charge in [-0.25, -0.2) is 31.7 Å². The van der Waals surface area contributed by atoms with Gasteiger partial charge in [0.1, 0.15) is 10.0 Å². The lowest BCUT2D eigenvalue weighted by molar-refractivity contribution is 0.256. The van der Waals surface area contributed by atoms with Crippen molar-refractivity contribution in [3.8, 4) is 5.69 Å². The first kappa shape index (κ1) is 25.0. The third kappa shape index (κ3) is 4.97. The zero-order chi connectivity index (χ0) is 26.3. The Morgan fingerprint density at radius 2 is 1.81 bits per heavy atom.